The van der Waals surface area contributed by atoms with E-state index in [2.05, 4.69) is 33.5 Å². The van der Waals surface area contributed by atoms with Crippen molar-refractivity contribution in [2.75, 3.05) is 5.32 Å². The molecule has 2 heterocycles. The maximum atomic E-state index is 13.1. The highest BCUT2D eigenvalue weighted by Crippen LogP contribution is 2.37. The van der Waals surface area contributed by atoms with Crippen LogP contribution in [0, 0.1) is 0 Å². The molecule has 0 unspecified atom stereocenters. The Balaban J connectivity index is 1.22. The van der Waals surface area contributed by atoms with Gasteiger partial charge in [-0.3, -0.25) is 14.4 Å². The molecular formula is C29H19N3O3S2. The molecule has 0 saturated carbocycles. The van der Waals surface area contributed by atoms with Gasteiger partial charge in [0.15, 0.2) is 11.6 Å². The second kappa shape index (κ2) is 9.38. The van der Waals surface area contributed by atoms with Crippen molar-refractivity contribution in [3.8, 4) is 10.4 Å². The number of hydrogen-bond donors (Lipinski definition) is 1. The van der Waals surface area contributed by atoms with Crippen LogP contribution < -0.4 is 5.32 Å². The lowest BCUT2D eigenvalue weighted by molar-refractivity contribution is -0.115. The molecule has 0 aliphatic heterocycles. The maximum absolute atomic E-state index is 13.1. The molecular weight excluding hydrogens is 502 g/mol. The Morgan fingerprint density at radius 3 is 2.27 bits per heavy atom. The molecule has 6 rings (SSSR count). The molecule has 0 bridgehead atoms. The van der Waals surface area contributed by atoms with Gasteiger partial charge in [-0.15, -0.1) is 11.3 Å². The molecule has 0 spiro atoms. The number of rotatable bonds is 5. The minimum absolute atomic E-state index is 0.189. The number of ketones is 2. The smallest absolute Gasteiger partial charge is 0.237 e. The first-order valence-corrected chi connectivity index (χ1v) is 13.3. The zero-order chi connectivity index (χ0) is 25.5. The van der Waals surface area contributed by atoms with E-state index >= 15 is 0 Å². The van der Waals surface area contributed by atoms with Crippen LogP contribution in [0.15, 0.2) is 90.2 Å². The summed E-state index contributed by atoms with van der Waals surface area (Å²) in [4.78, 5) is 49.7. The molecule has 1 aliphatic rings. The van der Waals surface area contributed by atoms with Crippen LogP contribution in [0.5, 0.6) is 0 Å². The lowest BCUT2D eigenvalue weighted by Crippen LogP contribution is -2.24. The fourth-order valence-corrected chi connectivity index (χ4v) is 6.27. The van der Waals surface area contributed by atoms with E-state index in [1.165, 1.54) is 18.1 Å². The minimum atomic E-state index is -0.465. The summed E-state index contributed by atoms with van der Waals surface area (Å²) in [5.74, 6) is -0.644. The summed E-state index contributed by atoms with van der Waals surface area (Å²) in [6, 6.07) is 23.8. The number of nitrogens with zero attached hydrogens (tertiary/aromatic N) is 2. The number of nitrogens with one attached hydrogen (secondary N) is 1. The van der Waals surface area contributed by atoms with E-state index in [-0.39, 0.29) is 17.5 Å². The molecule has 0 saturated heterocycles. The number of aromatic nitrogens is 2. The second-order valence-electron chi connectivity index (χ2n) is 8.59. The normalized spacial score (nSPS) is 13.2. The first-order valence-electron chi connectivity index (χ1n) is 11.6. The summed E-state index contributed by atoms with van der Waals surface area (Å²) in [6.07, 6.45) is 1.52. The molecule has 37 heavy (non-hydrogen) atoms. The van der Waals surface area contributed by atoms with Crippen LogP contribution in [0.2, 0.25) is 0 Å². The molecule has 0 radical (unpaired) electrons. The Morgan fingerprint density at radius 1 is 0.838 bits per heavy atom. The number of carbonyl (C=O) groups is 3. The molecule has 8 heteroatoms. The van der Waals surface area contributed by atoms with Crippen LogP contribution in [0.1, 0.15) is 38.8 Å². The first-order chi connectivity index (χ1) is 18.0. The van der Waals surface area contributed by atoms with Crippen LogP contribution in [-0.4, -0.2) is 32.7 Å². The highest BCUT2D eigenvalue weighted by atomic mass is 32.2. The summed E-state index contributed by atoms with van der Waals surface area (Å²) >= 11 is 2.94. The van der Waals surface area contributed by atoms with Crippen LogP contribution >= 0.6 is 23.1 Å². The highest BCUT2D eigenvalue weighted by Gasteiger charge is 2.29. The Labute approximate surface area is 220 Å². The summed E-state index contributed by atoms with van der Waals surface area (Å²) in [5.41, 5.74) is 3.00. The largest absolute Gasteiger partial charge is 0.325 e. The number of carbonyl (C=O) groups excluding carboxylic acids is 3. The van der Waals surface area contributed by atoms with Gasteiger partial charge >= 0.3 is 0 Å². The van der Waals surface area contributed by atoms with E-state index in [1.54, 1.807) is 53.8 Å². The molecule has 3 aromatic carbocycles. The number of amides is 1. The molecule has 1 aliphatic carbocycles. The average molecular weight is 522 g/mol. The summed E-state index contributed by atoms with van der Waals surface area (Å²) in [6.45, 7) is 1.81. The monoisotopic (exact) mass is 521 g/mol. The van der Waals surface area contributed by atoms with Gasteiger partial charge in [0.1, 0.15) is 16.2 Å². The maximum Gasteiger partial charge on any atom is 0.237 e. The number of fused-ring (bicyclic) bond motifs is 3. The quantitative estimate of drug-likeness (QED) is 0.213. The van der Waals surface area contributed by atoms with Crippen molar-refractivity contribution < 1.29 is 14.4 Å². The van der Waals surface area contributed by atoms with Gasteiger partial charge in [0.05, 0.1) is 5.25 Å². The van der Waals surface area contributed by atoms with E-state index in [1.807, 2.05) is 25.1 Å². The minimum Gasteiger partial charge on any atom is -0.325 e. The highest BCUT2D eigenvalue weighted by molar-refractivity contribution is 8.00. The predicted molar refractivity (Wildman–Crippen MR) is 147 cm³/mol. The van der Waals surface area contributed by atoms with Crippen LogP contribution in [0.25, 0.3) is 20.7 Å². The molecule has 6 nitrogen and oxygen atoms in total. The van der Waals surface area contributed by atoms with Gasteiger partial charge in [-0.1, -0.05) is 66.4 Å². The van der Waals surface area contributed by atoms with Gasteiger partial charge in [-0.05, 0) is 36.8 Å². The standard InChI is InChI=1S/C29H19N3O3S2/c1-16(36-28-23-14-24(17-7-3-2-4-8-17)37-29(23)31-15-30-28)27(35)32-18-11-12-21-22(13-18)26(34)20-10-6-5-9-19(20)25(21)33/h2-16H,1H3,(H,32,35)/t16-/m1/s1. The third-order valence-corrected chi connectivity index (χ3v) is 8.41. The zero-order valence-electron chi connectivity index (χ0n) is 19.6. The van der Waals surface area contributed by atoms with Crippen LogP contribution in [0.3, 0.4) is 0 Å². The van der Waals surface area contributed by atoms with Crippen LogP contribution in [0.4, 0.5) is 5.69 Å². The zero-order valence-corrected chi connectivity index (χ0v) is 21.2. The van der Waals surface area contributed by atoms with Gasteiger partial charge in [-0.25, -0.2) is 9.97 Å². The number of benzene rings is 3. The number of hydrogen-bond acceptors (Lipinski definition) is 7. The van der Waals surface area contributed by atoms with Crippen molar-refractivity contribution >= 4 is 56.5 Å². The lowest BCUT2D eigenvalue weighted by atomic mass is 9.84. The third-order valence-electron chi connectivity index (χ3n) is 6.20. The summed E-state index contributed by atoms with van der Waals surface area (Å²) in [5, 5.41) is 4.06. The molecule has 5 aromatic rings. The van der Waals surface area contributed by atoms with Crippen molar-refractivity contribution in [2.24, 2.45) is 0 Å². The molecule has 180 valence electrons. The van der Waals surface area contributed by atoms with Crippen LogP contribution in [-0.2, 0) is 4.79 Å². The SMILES string of the molecule is C[C@@H](Sc1ncnc2sc(-c3ccccc3)cc12)C(=O)Nc1ccc2c(c1)C(=O)c1ccccc1C2=O. The first kappa shape index (κ1) is 23.3. The fraction of sp³-hybridized carbons (Fsp3) is 0.0690. The van der Waals surface area contributed by atoms with Gasteiger partial charge in [0, 0.05) is 38.2 Å². The van der Waals surface area contributed by atoms with Crippen molar-refractivity contribution in [1.29, 1.82) is 0 Å². The van der Waals surface area contributed by atoms with Gasteiger partial charge in [-0.2, -0.15) is 0 Å². The Kier molecular flexibility index (Phi) is 5.90. The fourth-order valence-electron chi connectivity index (χ4n) is 4.31. The van der Waals surface area contributed by atoms with Gasteiger partial charge < -0.3 is 5.32 Å². The van der Waals surface area contributed by atoms with Crippen molar-refractivity contribution in [3.05, 3.63) is 107 Å². The lowest BCUT2D eigenvalue weighted by Gasteiger charge is -2.18. The topological polar surface area (TPSA) is 89.0 Å². The average Bonchev–Trinajstić information content (AvgIpc) is 3.38. The van der Waals surface area contributed by atoms with E-state index in [0.29, 0.717) is 27.9 Å². The van der Waals surface area contributed by atoms with Crippen molar-refractivity contribution in [1.82, 2.24) is 9.97 Å². The molecule has 2 aromatic heterocycles. The predicted octanol–water partition coefficient (Wildman–Crippen LogP) is 6.25. The van der Waals surface area contributed by atoms with Crippen molar-refractivity contribution in [3.63, 3.8) is 0 Å². The Bertz CT molecular complexity index is 1710. The molecule has 1 atom stereocenters. The summed E-state index contributed by atoms with van der Waals surface area (Å²) < 4.78 is 0. The summed E-state index contributed by atoms with van der Waals surface area (Å²) in [7, 11) is 0. The van der Waals surface area contributed by atoms with E-state index in [4.69, 9.17) is 0 Å². The second-order valence-corrected chi connectivity index (χ2v) is 10.9. The van der Waals surface area contributed by atoms with E-state index < -0.39 is 5.25 Å². The number of thioether (sulfide) groups is 1. The molecule has 0 fully saturated rings. The molecule has 1 amide bonds. The van der Waals surface area contributed by atoms with Crippen molar-refractivity contribution in [2.45, 2.75) is 17.2 Å². The van der Waals surface area contributed by atoms with E-state index in [9.17, 15) is 14.4 Å². The van der Waals surface area contributed by atoms with Gasteiger partial charge in [0.2, 0.25) is 5.91 Å². The number of anilines is 1. The third kappa shape index (κ3) is 4.24. The van der Waals surface area contributed by atoms with E-state index in [0.717, 1.165) is 25.7 Å². The Hall–Kier alpha value is -4.14. The number of thiophene rings is 1. The van der Waals surface area contributed by atoms with Gasteiger partial charge in [0.25, 0.3) is 0 Å². The Morgan fingerprint density at radius 2 is 1.51 bits per heavy atom. The molecule has 1 N–H and O–H groups in total.